The summed E-state index contributed by atoms with van der Waals surface area (Å²) < 4.78 is 25.5. The van der Waals surface area contributed by atoms with E-state index in [9.17, 15) is 13.5 Å². The van der Waals surface area contributed by atoms with Crippen LogP contribution in [-0.2, 0) is 10.0 Å². The first kappa shape index (κ1) is 11.9. The molecule has 0 saturated carbocycles. The van der Waals surface area contributed by atoms with Gasteiger partial charge in [-0.25, -0.2) is 8.42 Å². The highest BCUT2D eigenvalue weighted by molar-refractivity contribution is 7.89. The maximum Gasteiger partial charge on any atom is 0.243 e. The Balaban J connectivity index is 2.32. The highest BCUT2D eigenvalue weighted by atomic mass is 35.5. The van der Waals surface area contributed by atoms with E-state index in [0.717, 1.165) is 0 Å². The minimum Gasteiger partial charge on any atom is -0.392 e. The van der Waals surface area contributed by atoms with Crippen molar-refractivity contribution in [1.29, 1.82) is 0 Å². The lowest BCUT2D eigenvalue weighted by Crippen LogP contribution is -2.29. The third kappa shape index (κ3) is 2.22. The fraction of sp³-hybridized carbons (Fsp3) is 0.400. The molecular weight excluding hydrogens is 250 g/mol. The van der Waals surface area contributed by atoms with E-state index in [1.807, 2.05) is 0 Å². The van der Waals surface area contributed by atoms with Gasteiger partial charge in [-0.2, -0.15) is 4.31 Å². The quantitative estimate of drug-likeness (QED) is 0.867. The number of hydrogen-bond acceptors (Lipinski definition) is 3. The average molecular weight is 262 g/mol. The number of benzene rings is 1. The Kier molecular flexibility index (Phi) is 3.21. The van der Waals surface area contributed by atoms with Crippen molar-refractivity contribution >= 4 is 21.6 Å². The van der Waals surface area contributed by atoms with Crippen molar-refractivity contribution in [3.63, 3.8) is 0 Å². The monoisotopic (exact) mass is 261 g/mol. The lowest BCUT2D eigenvalue weighted by atomic mass is 10.3. The Labute approximate surface area is 99.5 Å². The molecule has 4 nitrogen and oxygen atoms in total. The van der Waals surface area contributed by atoms with Crippen molar-refractivity contribution < 1.29 is 13.5 Å². The first-order chi connectivity index (χ1) is 7.50. The minimum absolute atomic E-state index is 0.162. The van der Waals surface area contributed by atoms with Crippen molar-refractivity contribution in [1.82, 2.24) is 4.31 Å². The van der Waals surface area contributed by atoms with E-state index in [0.29, 0.717) is 18.0 Å². The molecular formula is C10H12ClNO3S. The summed E-state index contributed by atoms with van der Waals surface area (Å²) in [5.41, 5.74) is 0. The predicted octanol–water partition coefficient (Wildman–Crippen LogP) is 1.10. The van der Waals surface area contributed by atoms with Crippen LogP contribution in [0.2, 0.25) is 5.02 Å². The summed E-state index contributed by atoms with van der Waals surface area (Å²) in [6.45, 7) is 0.519. The van der Waals surface area contributed by atoms with E-state index in [2.05, 4.69) is 0 Å². The molecule has 1 aromatic rings. The summed E-state index contributed by atoms with van der Waals surface area (Å²) >= 11 is 5.75. The second-order valence-corrected chi connectivity index (χ2v) is 6.14. The molecule has 2 rings (SSSR count). The molecule has 0 bridgehead atoms. The lowest BCUT2D eigenvalue weighted by Gasteiger charge is -2.15. The van der Waals surface area contributed by atoms with Crippen LogP contribution in [0.5, 0.6) is 0 Å². The molecule has 0 aromatic heterocycles. The molecule has 0 radical (unpaired) electrons. The van der Waals surface area contributed by atoms with E-state index < -0.39 is 16.1 Å². The van der Waals surface area contributed by atoms with Crippen molar-refractivity contribution in [2.45, 2.75) is 17.4 Å². The van der Waals surface area contributed by atoms with Crippen LogP contribution in [-0.4, -0.2) is 37.0 Å². The number of β-amino-alcohol motifs (C(OH)–C–C–N with tert-alkyl or cyclic N) is 1. The third-order valence-corrected chi connectivity index (χ3v) is 4.66. The molecule has 6 heteroatoms. The van der Waals surface area contributed by atoms with Gasteiger partial charge in [-0.15, -0.1) is 0 Å². The van der Waals surface area contributed by atoms with Crippen LogP contribution in [0.15, 0.2) is 29.2 Å². The van der Waals surface area contributed by atoms with Gasteiger partial charge in [0.15, 0.2) is 0 Å². The van der Waals surface area contributed by atoms with Crippen LogP contribution in [0.25, 0.3) is 0 Å². The Morgan fingerprint density at radius 2 is 2.19 bits per heavy atom. The van der Waals surface area contributed by atoms with Crippen LogP contribution in [0, 0.1) is 0 Å². The van der Waals surface area contributed by atoms with Gasteiger partial charge in [-0.3, -0.25) is 0 Å². The van der Waals surface area contributed by atoms with Gasteiger partial charge in [0, 0.05) is 18.1 Å². The molecule has 16 heavy (non-hydrogen) atoms. The van der Waals surface area contributed by atoms with Gasteiger partial charge in [0.1, 0.15) is 0 Å². The first-order valence-corrected chi connectivity index (χ1v) is 6.76. The zero-order valence-electron chi connectivity index (χ0n) is 8.51. The summed E-state index contributed by atoms with van der Waals surface area (Å²) in [4.78, 5) is 0.175. The number of rotatable bonds is 2. The number of nitrogens with zero attached hydrogens (tertiary/aromatic N) is 1. The molecule has 0 spiro atoms. The standard InChI is InChI=1S/C10H12ClNO3S/c11-8-2-1-3-10(6-8)16(14,15)12-5-4-9(13)7-12/h1-3,6,9,13H,4-5,7H2/t9-/m0/s1. The number of halogens is 1. The number of aliphatic hydroxyl groups is 1. The molecule has 1 fully saturated rings. The second-order valence-electron chi connectivity index (χ2n) is 3.76. The zero-order chi connectivity index (χ0) is 11.8. The molecule has 0 amide bonds. The maximum absolute atomic E-state index is 12.1. The van der Waals surface area contributed by atoms with E-state index >= 15 is 0 Å². The van der Waals surface area contributed by atoms with Crippen molar-refractivity contribution in [3.05, 3.63) is 29.3 Å². The average Bonchev–Trinajstić information content (AvgIpc) is 2.65. The molecule has 1 N–H and O–H groups in total. The Morgan fingerprint density at radius 3 is 2.75 bits per heavy atom. The van der Waals surface area contributed by atoms with E-state index in [4.69, 9.17) is 11.6 Å². The largest absolute Gasteiger partial charge is 0.392 e. The van der Waals surface area contributed by atoms with Gasteiger partial charge in [-0.1, -0.05) is 17.7 Å². The van der Waals surface area contributed by atoms with Gasteiger partial charge in [0.25, 0.3) is 0 Å². The van der Waals surface area contributed by atoms with E-state index in [1.54, 1.807) is 12.1 Å². The van der Waals surface area contributed by atoms with E-state index in [1.165, 1.54) is 16.4 Å². The highest BCUT2D eigenvalue weighted by Crippen LogP contribution is 2.23. The van der Waals surface area contributed by atoms with Crippen molar-refractivity contribution in [2.75, 3.05) is 13.1 Å². The Hall–Kier alpha value is -0.620. The topological polar surface area (TPSA) is 57.6 Å². The fourth-order valence-corrected chi connectivity index (χ4v) is 3.50. The van der Waals surface area contributed by atoms with Crippen LogP contribution in [0.3, 0.4) is 0 Å². The maximum atomic E-state index is 12.1. The fourth-order valence-electron chi connectivity index (χ4n) is 1.71. The third-order valence-electron chi connectivity index (χ3n) is 2.56. The molecule has 1 atom stereocenters. The van der Waals surface area contributed by atoms with Gasteiger partial charge in [0.2, 0.25) is 10.0 Å². The van der Waals surface area contributed by atoms with Crippen molar-refractivity contribution in [3.8, 4) is 0 Å². The molecule has 0 aliphatic carbocycles. The summed E-state index contributed by atoms with van der Waals surface area (Å²) in [7, 11) is -3.51. The van der Waals surface area contributed by atoms with Crippen LogP contribution in [0.1, 0.15) is 6.42 Å². The summed E-state index contributed by atoms with van der Waals surface area (Å²) in [6.07, 6.45) is -0.0752. The van der Waals surface area contributed by atoms with Gasteiger partial charge < -0.3 is 5.11 Å². The van der Waals surface area contributed by atoms with E-state index in [-0.39, 0.29) is 11.4 Å². The summed E-state index contributed by atoms with van der Waals surface area (Å²) in [5.74, 6) is 0. The van der Waals surface area contributed by atoms with Gasteiger partial charge in [0.05, 0.1) is 11.0 Å². The molecule has 0 unspecified atom stereocenters. The van der Waals surface area contributed by atoms with Crippen LogP contribution in [0.4, 0.5) is 0 Å². The molecule has 88 valence electrons. The lowest BCUT2D eigenvalue weighted by molar-refractivity contribution is 0.189. The van der Waals surface area contributed by atoms with Crippen LogP contribution < -0.4 is 0 Å². The molecule has 1 aromatic carbocycles. The van der Waals surface area contributed by atoms with Gasteiger partial charge >= 0.3 is 0 Å². The first-order valence-electron chi connectivity index (χ1n) is 4.94. The smallest absolute Gasteiger partial charge is 0.243 e. The molecule has 1 aliphatic rings. The normalized spacial score (nSPS) is 22.5. The van der Waals surface area contributed by atoms with Crippen molar-refractivity contribution in [2.24, 2.45) is 0 Å². The number of hydrogen-bond donors (Lipinski definition) is 1. The SMILES string of the molecule is O=S(=O)(c1cccc(Cl)c1)N1CC[C@H](O)C1. The highest BCUT2D eigenvalue weighted by Gasteiger charge is 2.31. The summed E-state index contributed by atoms with van der Waals surface area (Å²) in [5, 5.41) is 9.72. The molecule has 1 aliphatic heterocycles. The number of sulfonamides is 1. The zero-order valence-corrected chi connectivity index (χ0v) is 10.1. The Morgan fingerprint density at radius 1 is 1.44 bits per heavy atom. The molecule has 1 saturated heterocycles. The minimum atomic E-state index is -3.51. The van der Waals surface area contributed by atoms with Gasteiger partial charge in [-0.05, 0) is 24.6 Å². The van der Waals surface area contributed by atoms with Crippen LogP contribution >= 0.6 is 11.6 Å². The predicted molar refractivity (Wildman–Crippen MR) is 60.8 cm³/mol. The number of aliphatic hydroxyl groups excluding tert-OH is 1. The Bertz CT molecular complexity index is 489. The summed E-state index contributed by atoms with van der Waals surface area (Å²) in [6, 6.07) is 6.15. The second kappa shape index (κ2) is 4.33. The molecule has 1 heterocycles.